The second-order valence-corrected chi connectivity index (χ2v) is 6.91. The second kappa shape index (κ2) is 8.33. The summed E-state index contributed by atoms with van der Waals surface area (Å²) in [5.41, 5.74) is 9.17. The number of nitrogens with two attached hydrogens (primary N) is 1. The van der Waals surface area contributed by atoms with Gasteiger partial charge in [0.1, 0.15) is 12.0 Å². The van der Waals surface area contributed by atoms with Gasteiger partial charge >= 0.3 is 0 Å². The van der Waals surface area contributed by atoms with E-state index in [0.29, 0.717) is 24.0 Å². The maximum atomic E-state index is 9.07. The molecule has 1 aliphatic rings. The largest absolute Gasteiger partial charge is 0.395 e. The van der Waals surface area contributed by atoms with Crippen molar-refractivity contribution in [3.05, 3.63) is 36.2 Å². The lowest BCUT2D eigenvalue weighted by Crippen LogP contribution is -2.47. The molecular weight excluding hydrogens is 328 g/mol. The lowest BCUT2D eigenvalue weighted by atomic mass is 10.0. The number of hydrogen-bond acceptors (Lipinski definition) is 7. The number of aliphatic hydroxyl groups is 1. The van der Waals surface area contributed by atoms with E-state index in [9.17, 15) is 0 Å². The fourth-order valence-corrected chi connectivity index (χ4v) is 3.15. The second-order valence-electron chi connectivity index (χ2n) is 6.91. The maximum Gasteiger partial charge on any atom is 0.159 e. The van der Waals surface area contributed by atoms with Gasteiger partial charge in [-0.3, -0.25) is 4.90 Å². The number of hydrogen-bond donors (Lipinski definition) is 3. The topological polar surface area (TPSA) is 90.5 Å². The first-order valence-electron chi connectivity index (χ1n) is 9.14. The number of rotatable bonds is 6. The van der Waals surface area contributed by atoms with Crippen LogP contribution in [0.15, 0.2) is 30.6 Å². The van der Waals surface area contributed by atoms with Crippen molar-refractivity contribution in [2.45, 2.75) is 19.8 Å². The summed E-state index contributed by atoms with van der Waals surface area (Å²) in [7, 11) is 0. The standard InChI is InChI=1S/C19H28N6O/c1-14(2)15-3-5-16(6-4-15)23-18-17(20)19(22-13-21-18)25-9-7-24(8-10-25)11-12-26/h3-6,13-14,26H,7-12,20H2,1-2H3,(H,21,22,23). The third kappa shape index (κ3) is 4.23. The van der Waals surface area contributed by atoms with E-state index in [1.54, 1.807) is 6.33 Å². The Morgan fingerprint density at radius 2 is 1.81 bits per heavy atom. The monoisotopic (exact) mass is 356 g/mol. The van der Waals surface area contributed by atoms with Gasteiger partial charge in [-0.25, -0.2) is 9.97 Å². The quantitative estimate of drug-likeness (QED) is 0.729. The van der Waals surface area contributed by atoms with Gasteiger partial charge in [-0.15, -0.1) is 0 Å². The molecule has 0 unspecified atom stereocenters. The minimum atomic E-state index is 0.194. The predicted molar refractivity (Wildman–Crippen MR) is 106 cm³/mol. The van der Waals surface area contributed by atoms with Crippen LogP contribution in [0.4, 0.5) is 23.0 Å². The van der Waals surface area contributed by atoms with Crippen molar-refractivity contribution >= 4 is 23.0 Å². The van der Waals surface area contributed by atoms with Gasteiger partial charge in [0.25, 0.3) is 0 Å². The fraction of sp³-hybridized carbons (Fsp3) is 0.474. The van der Waals surface area contributed by atoms with Crippen LogP contribution in [0.25, 0.3) is 0 Å². The molecule has 0 radical (unpaired) electrons. The Kier molecular flexibility index (Phi) is 5.90. The van der Waals surface area contributed by atoms with E-state index in [1.807, 2.05) is 12.1 Å². The van der Waals surface area contributed by atoms with E-state index in [4.69, 9.17) is 10.8 Å². The zero-order chi connectivity index (χ0) is 18.5. The molecule has 0 spiro atoms. The first-order chi connectivity index (χ1) is 12.6. The molecule has 2 heterocycles. The number of β-amino-alcohol motifs (C(OH)–C–C–N with tert-alkyl or cyclic N) is 1. The highest BCUT2D eigenvalue weighted by molar-refractivity contribution is 5.78. The summed E-state index contributed by atoms with van der Waals surface area (Å²) in [6, 6.07) is 8.33. The Labute approximate surface area is 154 Å². The Balaban J connectivity index is 1.71. The number of aliphatic hydroxyl groups excluding tert-OH is 1. The molecule has 4 N–H and O–H groups in total. The van der Waals surface area contributed by atoms with Crippen molar-refractivity contribution in [1.29, 1.82) is 0 Å². The van der Waals surface area contributed by atoms with Gasteiger partial charge in [0, 0.05) is 38.4 Å². The van der Waals surface area contributed by atoms with E-state index in [1.165, 1.54) is 5.56 Å². The van der Waals surface area contributed by atoms with Gasteiger partial charge in [-0.1, -0.05) is 26.0 Å². The van der Waals surface area contributed by atoms with Crippen molar-refractivity contribution in [3.63, 3.8) is 0 Å². The van der Waals surface area contributed by atoms with Crippen LogP contribution >= 0.6 is 0 Å². The normalized spacial score (nSPS) is 15.5. The summed E-state index contributed by atoms with van der Waals surface area (Å²) in [5.74, 6) is 1.90. The number of aromatic nitrogens is 2. The van der Waals surface area contributed by atoms with Gasteiger partial charge < -0.3 is 21.1 Å². The van der Waals surface area contributed by atoms with E-state index >= 15 is 0 Å². The highest BCUT2D eigenvalue weighted by Gasteiger charge is 2.21. The van der Waals surface area contributed by atoms with Gasteiger partial charge in [-0.05, 0) is 23.6 Å². The molecular formula is C19H28N6O. The van der Waals surface area contributed by atoms with Crippen LogP contribution < -0.4 is 16.0 Å². The molecule has 0 atom stereocenters. The molecule has 0 saturated carbocycles. The Hall–Kier alpha value is -2.38. The van der Waals surface area contributed by atoms with Crippen molar-refractivity contribution in [2.75, 3.05) is 55.3 Å². The molecule has 7 nitrogen and oxygen atoms in total. The molecule has 1 saturated heterocycles. The van der Waals surface area contributed by atoms with Crippen LogP contribution in [-0.4, -0.2) is 59.3 Å². The van der Waals surface area contributed by atoms with Crippen molar-refractivity contribution in [2.24, 2.45) is 0 Å². The maximum absolute atomic E-state index is 9.07. The predicted octanol–water partition coefficient (Wildman–Crippen LogP) is 2.04. The summed E-state index contributed by atoms with van der Waals surface area (Å²) in [5, 5.41) is 12.4. The van der Waals surface area contributed by atoms with Crippen molar-refractivity contribution in [1.82, 2.24) is 14.9 Å². The minimum Gasteiger partial charge on any atom is -0.395 e. The highest BCUT2D eigenvalue weighted by Crippen LogP contribution is 2.29. The average molecular weight is 356 g/mol. The SMILES string of the molecule is CC(C)c1ccc(Nc2ncnc(N3CCN(CCO)CC3)c2N)cc1. The van der Waals surface area contributed by atoms with Gasteiger partial charge in [0.15, 0.2) is 11.6 Å². The van der Waals surface area contributed by atoms with E-state index in [-0.39, 0.29) is 6.61 Å². The number of benzene rings is 1. The van der Waals surface area contributed by atoms with Crippen LogP contribution in [0, 0.1) is 0 Å². The lowest BCUT2D eigenvalue weighted by molar-refractivity contribution is 0.188. The Bertz CT molecular complexity index is 710. The molecule has 7 heteroatoms. The summed E-state index contributed by atoms with van der Waals surface area (Å²) in [6.07, 6.45) is 1.55. The Morgan fingerprint density at radius 1 is 1.12 bits per heavy atom. The number of nitrogen functional groups attached to an aromatic ring is 1. The highest BCUT2D eigenvalue weighted by atomic mass is 16.3. The minimum absolute atomic E-state index is 0.194. The molecule has 1 fully saturated rings. The van der Waals surface area contributed by atoms with Crippen LogP contribution in [0.2, 0.25) is 0 Å². The molecule has 1 aromatic heterocycles. The first-order valence-corrected chi connectivity index (χ1v) is 9.14. The van der Waals surface area contributed by atoms with E-state index in [0.717, 1.165) is 37.7 Å². The molecule has 0 amide bonds. The molecule has 26 heavy (non-hydrogen) atoms. The molecule has 0 aliphatic carbocycles. The molecule has 3 rings (SSSR count). The molecule has 140 valence electrons. The van der Waals surface area contributed by atoms with Crippen LogP contribution in [0.3, 0.4) is 0 Å². The average Bonchev–Trinajstić information content (AvgIpc) is 2.65. The van der Waals surface area contributed by atoms with Crippen LogP contribution in [0.5, 0.6) is 0 Å². The molecule has 1 aliphatic heterocycles. The first kappa shape index (κ1) is 18.4. The Morgan fingerprint density at radius 3 is 2.42 bits per heavy atom. The third-order valence-corrected chi connectivity index (χ3v) is 4.79. The van der Waals surface area contributed by atoms with Gasteiger partial charge in [0.05, 0.1) is 6.61 Å². The summed E-state index contributed by atoms with van der Waals surface area (Å²) in [4.78, 5) is 13.1. The van der Waals surface area contributed by atoms with E-state index < -0.39 is 0 Å². The summed E-state index contributed by atoms with van der Waals surface area (Å²) >= 11 is 0. The molecule has 0 bridgehead atoms. The molecule has 1 aromatic carbocycles. The van der Waals surface area contributed by atoms with Crippen molar-refractivity contribution in [3.8, 4) is 0 Å². The number of anilines is 4. The van der Waals surface area contributed by atoms with Crippen LogP contribution in [-0.2, 0) is 0 Å². The number of nitrogens with one attached hydrogen (secondary N) is 1. The third-order valence-electron chi connectivity index (χ3n) is 4.79. The number of nitrogens with zero attached hydrogens (tertiary/aromatic N) is 4. The van der Waals surface area contributed by atoms with Gasteiger partial charge in [-0.2, -0.15) is 0 Å². The summed E-state index contributed by atoms with van der Waals surface area (Å²) in [6.45, 7) is 8.72. The zero-order valence-electron chi connectivity index (χ0n) is 15.5. The van der Waals surface area contributed by atoms with E-state index in [2.05, 4.69) is 51.1 Å². The smallest absolute Gasteiger partial charge is 0.159 e. The summed E-state index contributed by atoms with van der Waals surface area (Å²) < 4.78 is 0. The fourth-order valence-electron chi connectivity index (χ4n) is 3.15. The lowest BCUT2D eigenvalue weighted by Gasteiger charge is -2.35. The number of piperazine rings is 1. The van der Waals surface area contributed by atoms with Crippen LogP contribution in [0.1, 0.15) is 25.3 Å². The zero-order valence-corrected chi connectivity index (χ0v) is 15.5. The molecule has 2 aromatic rings. The van der Waals surface area contributed by atoms with Crippen molar-refractivity contribution < 1.29 is 5.11 Å². The van der Waals surface area contributed by atoms with Gasteiger partial charge in [0.2, 0.25) is 0 Å².